The molecule has 0 aliphatic carbocycles. The lowest BCUT2D eigenvalue weighted by atomic mass is 10.2. The highest BCUT2D eigenvalue weighted by Crippen LogP contribution is 2.12. The Hall–Kier alpha value is -1.62. The number of sulfonamides is 1. The molecule has 0 atom stereocenters. The van der Waals surface area contributed by atoms with Crippen molar-refractivity contribution >= 4 is 10.0 Å². The van der Waals surface area contributed by atoms with Gasteiger partial charge < -0.3 is 10.1 Å². The molecule has 1 aromatic rings. The van der Waals surface area contributed by atoms with Gasteiger partial charge in [0.15, 0.2) is 6.61 Å². The van der Waals surface area contributed by atoms with Gasteiger partial charge in [0.2, 0.25) is 10.0 Å². The molecule has 1 aromatic carbocycles. The predicted octanol–water partition coefficient (Wildman–Crippen LogP) is 0.618. The third-order valence-electron chi connectivity index (χ3n) is 2.44. The van der Waals surface area contributed by atoms with Gasteiger partial charge in [-0.3, -0.25) is 0 Å². The van der Waals surface area contributed by atoms with Crippen LogP contribution in [0.15, 0.2) is 24.3 Å². The topological polar surface area (TPSA) is 91.2 Å². The Bertz CT molecular complexity index is 552. The minimum absolute atomic E-state index is 0.0117. The van der Waals surface area contributed by atoms with E-state index in [0.717, 1.165) is 5.56 Å². The summed E-state index contributed by atoms with van der Waals surface area (Å²) in [6, 6.07) is 9.24. The summed E-state index contributed by atoms with van der Waals surface area (Å²) in [5.74, 6) is 0.678. The van der Waals surface area contributed by atoms with Gasteiger partial charge in [0, 0.05) is 19.6 Å². The second-order valence-electron chi connectivity index (χ2n) is 4.09. The van der Waals surface area contributed by atoms with Gasteiger partial charge in [-0.1, -0.05) is 19.1 Å². The molecular weight excluding hydrogens is 278 g/mol. The number of nitriles is 1. The average Bonchev–Trinajstić information content (AvgIpc) is 2.42. The number of rotatable bonds is 9. The molecule has 0 amide bonds. The van der Waals surface area contributed by atoms with Crippen molar-refractivity contribution in [1.82, 2.24) is 10.0 Å². The maximum atomic E-state index is 11.4. The number of hydrogen-bond donors (Lipinski definition) is 2. The summed E-state index contributed by atoms with van der Waals surface area (Å²) in [4.78, 5) is 0. The highest BCUT2D eigenvalue weighted by molar-refractivity contribution is 7.89. The van der Waals surface area contributed by atoms with Crippen molar-refractivity contribution in [1.29, 1.82) is 5.26 Å². The zero-order chi connectivity index (χ0) is 14.8. The molecule has 0 bridgehead atoms. The van der Waals surface area contributed by atoms with Crippen LogP contribution in [0.1, 0.15) is 12.5 Å². The fraction of sp³-hybridized carbons (Fsp3) is 0.462. The van der Waals surface area contributed by atoms with Gasteiger partial charge in [0.05, 0.1) is 5.75 Å². The van der Waals surface area contributed by atoms with E-state index in [1.807, 2.05) is 24.3 Å². The molecular formula is C13H19N3O3S. The van der Waals surface area contributed by atoms with E-state index in [1.165, 1.54) is 0 Å². The van der Waals surface area contributed by atoms with Crippen molar-refractivity contribution in [2.24, 2.45) is 0 Å². The van der Waals surface area contributed by atoms with Crippen molar-refractivity contribution in [2.75, 3.05) is 25.4 Å². The van der Waals surface area contributed by atoms with Gasteiger partial charge in [0.25, 0.3) is 0 Å². The number of hydrogen-bond acceptors (Lipinski definition) is 5. The van der Waals surface area contributed by atoms with E-state index >= 15 is 0 Å². The minimum atomic E-state index is -3.18. The number of nitrogens with zero attached hydrogens (tertiary/aromatic N) is 1. The molecule has 1 rings (SSSR count). The third-order valence-corrected chi connectivity index (χ3v) is 3.91. The van der Waals surface area contributed by atoms with E-state index in [2.05, 4.69) is 10.0 Å². The van der Waals surface area contributed by atoms with Crippen LogP contribution in [0.3, 0.4) is 0 Å². The van der Waals surface area contributed by atoms with Gasteiger partial charge >= 0.3 is 0 Å². The van der Waals surface area contributed by atoms with Crippen LogP contribution in [-0.2, 0) is 16.6 Å². The van der Waals surface area contributed by atoms with Gasteiger partial charge in [-0.05, 0) is 17.7 Å². The molecule has 110 valence electrons. The van der Waals surface area contributed by atoms with Crippen LogP contribution in [0.4, 0.5) is 0 Å². The Kier molecular flexibility index (Phi) is 7.01. The molecule has 0 saturated carbocycles. The van der Waals surface area contributed by atoms with E-state index in [4.69, 9.17) is 10.00 Å². The smallest absolute Gasteiger partial charge is 0.212 e. The highest BCUT2D eigenvalue weighted by Gasteiger charge is 2.07. The van der Waals surface area contributed by atoms with E-state index < -0.39 is 10.0 Å². The Labute approximate surface area is 119 Å². The standard InChI is InChI=1S/C13H19N3O3S/c1-2-16-20(17,18)9-7-15-11-12-4-3-5-13(10-12)19-8-6-14/h3-5,10,15-16H,2,7-9,11H2,1H3. The Balaban J connectivity index is 2.37. The van der Waals surface area contributed by atoms with E-state index in [1.54, 1.807) is 13.0 Å². The first-order chi connectivity index (χ1) is 9.57. The van der Waals surface area contributed by atoms with E-state index in [0.29, 0.717) is 25.4 Å². The Morgan fingerprint density at radius 3 is 2.90 bits per heavy atom. The van der Waals surface area contributed by atoms with Crippen LogP contribution in [0.5, 0.6) is 5.75 Å². The molecule has 7 heteroatoms. The summed E-state index contributed by atoms with van der Waals surface area (Å²) in [7, 11) is -3.18. The van der Waals surface area contributed by atoms with Crippen LogP contribution in [0.2, 0.25) is 0 Å². The first kappa shape index (κ1) is 16.4. The zero-order valence-electron chi connectivity index (χ0n) is 11.4. The van der Waals surface area contributed by atoms with Crippen LogP contribution in [0, 0.1) is 11.3 Å². The van der Waals surface area contributed by atoms with Gasteiger partial charge in [-0.15, -0.1) is 0 Å². The Morgan fingerprint density at radius 1 is 1.40 bits per heavy atom. The molecule has 20 heavy (non-hydrogen) atoms. The third kappa shape index (κ3) is 6.52. The fourth-order valence-corrected chi connectivity index (χ4v) is 2.59. The lowest BCUT2D eigenvalue weighted by molar-refractivity contribution is 0.367. The van der Waals surface area contributed by atoms with Crippen LogP contribution in [-0.4, -0.2) is 33.9 Å². The number of ether oxygens (including phenoxy) is 1. The molecule has 0 aliphatic rings. The number of benzene rings is 1. The van der Waals surface area contributed by atoms with Crippen molar-refractivity contribution in [3.8, 4) is 11.8 Å². The maximum absolute atomic E-state index is 11.4. The van der Waals surface area contributed by atoms with E-state index in [9.17, 15) is 8.42 Å². The molecule has 0 saturated heterocycles. The molecule has 0 aliphatic heterocycles. The molecule has 0 unspecified atom stereocenters. The first-order valence-corrected chi connectivity index (χ1v) is 7.99. The molecule has 2 N–H and O–H groups in total. The summed E-state index contributed by atoms with van der Waals surface area (Å²) in [5, 5.41) is 11.5. The van der Waals surface area contributed by atoms with Crippen LogP contribution in [0.25, 0.3) is 0 Å². The predicted molar refractivity (Wildman–Crippen MR) is 76.7 cm³/mol. The molecule has 0 radical (unpaired) electrons. The van der Waals surface area contributed by atoms with Crippen molar-refractivity contribution in [3.05, 3.63) is 29.8 Å². The second kappa shape index (κ2) is 8.53. The summed E-state index contributed by atoms with van der Waals surface area (Å²) < 4.78 is 30.5. The van der Waals surface area contributed by atoms with Gasteiger partial charge in [-0.25, -0.2) is 13.1 Å². The number of nitrogens with one attached hydrogen (secondary N) is 2. The summed E-state index contributed by atoms with van der Waals surface area (Å²) in [6.45, 7) is 3.08. The molecule has 6 nitrogen and oxygen atoms in total. The van der Waals surface area contributed by atoms with E-state index in [-0.39, 0.29) is 12.4 Å². The van der Waals surface area contributed by atoms with Gasteiger partial charge in [0.1, 0.15) is 11.8 Å². The highest BCUT2D eigenvalue weighted by atomic mass is 32.2. The maximum Gasteiger partial charge on any atom is 0.212 e. The normalized spacial score (nSPS) is 11.0. The van der Waals surface area contributed by atoms with Gasteiger partial charge in [-0.2, -0.15) is 5.26 Å². The molecule has 0 aromatic heterocycles. The lowest BCUT2D eigenvalue weighted by Gasteiger charge is -2.08. The first-order valence-electron chi connectivity index (χ1n) is 6.34. The summed E-state index contributed by atoms with van der Waals surface area (Å²) >= 11 is 0. The van der Waals surface area contributed by atoms with Crippen LogP contribution >= 0.6 is 0 Å². The zero-order valence-corrected chi connectivity index (χ0v) is 12.2. The van der Waals surface area contributed by atoms with Crippen molar-refractivity contribution in [2.45, 2.75) is 13.5 Å². The summed E-state index contributed by atoms with van der Waals surface area (Å²) in [6.07, 6.45) is 0. The lowest BCUT2D eigenvalue weighted by Crippen LogP contribution is -2.31. The fourth-order valence-electron chi connectivity index (χ4n) is 1.59. The van der Waals surface area contributed by atoms with Crippen molar-refractivity contribution in [3.63, 3.8) is 0 Å². The molecule has 0 heterocycles. The summed E-state index contributed by atoms with van der Waals surface area (Å²) in [5.41, 5.74) is 0.973. The molecule has 0 fully saturated rings. The monoisotopic (exact) mass is 297 g/mol. The van der Waals surface area contributed by atoms with Crippen molar-refractivity contribution < 1.29 is 13.2 Å². The quantitative estimate of drug-likeness (QED) is 0.652. The average molecular weight is 297 g/mol. The Morgan fingerprint density at radius 2 is 2.20 bits per heavy atom. The van der Waals surface area contributed by atoms with Crippen LogP contribution < -0.4 is 14.8 Å². The SMILES string of the molecule is CCNS(=O)(=O)CCNCc1cccc(OCC#N)c1. The minimum Gasteiger partial charge on any atom is -0.479 e. The largest absolute Gasteiger partial charge is 0.479 e. The second-order valence-corrected chi connectivity index (χ2v) is 6.01. The molecule has 0 spiro atoms.